The molecule has 2 aromatic carbocycles. The first-order valence-corrected chi connectivity index (χ1v) is 10.9. The lowest BCUT2D eigenvalue weighted by Crippen LogP contribution is -2.52. The van der Waals surface area contributed by atoms with Gasteiger partial charge in [0.25, 0.3) is 0 Å². The lowest BCUT2D eigenvalue weighted by atomic mass is 10.2. The Hall–Kier alpha value is -2.58. The Morgan fingerprint density at radius 1 is 1.04 bits per heavy atom. The lowest BCUT2D eigenvalue weighted by molar-refractivity contribution is -0.136. The Balaban J connectivity index is 1.80. The van der Waals surface area contributed by atoms with Crippen LogP contribution >= 0.6 is 0 Å². The van der Waals surface area contributed by atoms with Gasteiger partial charge in [0.15, 0.2) is 0 Å². The number of nitrogens with zero attached hydrogens (tertiary/aromatic N) is 2. The summed E-state index contributed by atoms with van der Waals surface area (Å²) in [6.45, 7) is 3.45. The molecule has 1 aliphatic heterocycles. The van der Waals surface area contributed by atoms with Gasteiger partial charge >= 0.3 is 0 Å². The van der Waals surface area contributed by atoms with Crippen LogP contribution in [-0.4, -0.2) is 57.8 Å². The molecule has 0 aromatic heterocycles. The van der Waals surface area contributed by atoms with Gasteiger partial charge in [-0.05, 0) is 43.3 Å². The van der Waals surface area contributed by atoms with E-state index in [1.165, 1.54) is 0 Å². The SMILES string of the molecule is C[C@@H](C(=O)N1CCOCC1)N(c1ccc(Oc2ccccc2)cc1)S(C)(=O)=O. The number of hydrogen-bond donors (Lipinski definition) is 0. The maximum Gasteiger partial charge on any atom is 0.246 e. The first-order valence-electron chi connectivity index (χ1n) is 9.05. The summed E-state index contributed by atoms with van der Waals surface area (Å²) in [5.41, 5.74) is 0.414. The van der Waals surface area contributed by atoms with Crippen molar-refractivity contribution in [2.24, 2.45) is 0 Å². The normalized spacial score (nSPS) is 15.7. The number of hydrogen-bond acceptors (Lipinski definition) is 5. The predicted molar refractivity (Wildman–Crippen MR) is 107 cm³/mol. The van der Waals surface area contributed by atoms with E-state index in [-0.39, 0.29) is 5.91 Å². The molecule has 7 nitrogen and oxygen atoms in total. The maximum atomic E-state index is 12.8. The van der Waals surface area contributed by atoms with Crippen LogP contribution in [0.3, 0.4) is 0 Å². The van der Waals surface area contributed by atoms with Crippen molar-refractivity contribution in [2.75, 3.05) is 36.9 Å². The fourth-order valence-corrected chi connectivity index (χ4v) is 4.31. The summed E-state index contributed by atoms with van der Waals surface area (Å²) in [6, 6.07) is 15.1. The van der Waals surface area contributed by atoms with Gasteiger partial charge < -0.3 is 14.4 Å². The molecule has 0 bridgehead atoms. The van der Waals surface area contributed by atoms with Gasteiger partial charge in [-0.15, -0.1) is 0 Å². The predicted octanol–water partition coefficient (Wildman–Crippen LogP) is 2.49. The monoisotopic (exact) mass is 404 g/mol. The number of morpholine rings is 1. The molecule has 0 N–H and O–H groups in total. The second-order valence-corrected chi connectivity index (χ2v) is 8.44. The van der Waals surface area contributed by atoms with E-state index in [4.69, 9.17) is 9.47 Å². The van der Waals surface area contributed by atoms with E-state index in [9.17, 15) is 13.2 Å². The number of benzene rings is 2. The van der Waals surface area contributed by atoms with E-state index < -0.39 is 16.1 Å². The summed E-state index contributed by atoms with van der Waals surface area (Å²) >= 11 is 0. The third-order valence-corrected chi connectivity index (χ3v) is 5.70. The summed E-state index contributed by atoms with van der Waals surface area (Å²) < 4.78 is 37.0. The summed E-state index contributed by atoms with van der Waals surface area (Å²) in [5.74, 6) is 1.03. The number of ether oxygens (including phenoxy) is 2. The van der Waals surface area contributed by atoms with Crippen molar-refractivity contribution in [1.29, 1.82) is 0 Å². The van der Waals surface area contributed by atoms with Crippen molar-refractivity contribution in [1.82, 2.24) is 4.90 Å². The molecular formula is C20H24N2O5S. The standard InChI is InChI=1S/C20H24N2O5S/c1-16(20(23)21-12-14-26-15-13-21)22(28(2,24)25)17-8-10-19(11-9-17)27-18-6-4-3-5-7-18/h3-11,16H,12-15H2,1-2H3/t16-/m0/s1. The molecule has 1 heterocycles. The van der Waals surface area contributed by atoms with Crippen LogP contribution in [0.1, 0.15) is 6.92 Å². The van der Waals surface area contributed by atoms with Crippen LogP contribution < -0.4 is 9.04 Å². The van der Waals surface area contributed by atoms with Crippen LogP contribution in [0.15, 0.2) is 54.6 Å². The van der Waals surface area contributed by atoms with Gasteiger partial charge in [0, 0.05) is 13.1 Å². The van der Waals surface area contributed by atoms with Gasteiger partial charge in [-0.25, -0.2) is 8.42 Å². The molecule has 150 valence electrons. The maximum absolute atomic E-state index is 12.8. The number of para-hydroxylation sites is 1. The highest BCUT2D eigenvalue weighted by Crippen LogP contribution is 2.27. The van der Waals surface area contributed by atoms with Crippen molar-refractivity contribution in [3.05, 3.63) is 54.6 Å². The van der Waals surface area contributed by atoms with E-state index >= 15 is 0 Å². The highest BCUT2D eigenvalue weighted by molar-refractivity contribution is 7.92. The fraction of sp³-hybridized carbons (Fsp3) is 0.350. The molecular weight excluding hydrogens is 380 g/mol. The first-order chi connectivity index (χ1) is 13.4. The summed E-state index contributed by atoms with van der Waals surface area (Å²) in [6.07, 6.45) is 1.10. The molecule has 0 spiro atoms. The second-order valence-electron chi connectivity index (χ2n) is 6.58. The second kappa shape index (κ2) is 8.62. The van der Waals surface area contributed by atoms with E-state index in [1.54, 1.807) is 36.1 Å². The van der Waals surface area contributed by atoms with Crippen molar-refractivity contribution < 1.29 is 22.7 Å². The number of amides is 1. The van der Waals surface area contributed by atoms with Crippen LogP contribution in [0, 0.1) is 0 Å². The van der Waals surface area contributed by atoms with Crippen LogP contribution in [0.4, 0.5) is 5.69 Å². The smallest absolute Gasteiger partial charge is 0.246 e. The Labute approximate surface area is 165 Å². The highest BCUT2D eigenvalue weighted by atomic mass is 32.2. The van der Waals surface area contributed by atoms with Crippen LogP contribution in [0.2, 0.25) is 0 Å². The average molecular weight is 404 g/mol. The summed E-state index contributed by atoms with van der Waals surface area (Å²) in [7, 11) is -3.66. The number of carbonyl (C=O) groups is 1. The molecule has 2 aromatic rings. The molecule has 1 fully saturated rings. The molecule has 0 saturated carbocycles. The zero-order valence-corrected chi connectivity index (χ0v) is 16.8. The Bertz CT molecular complexity index is 894. The first kappa shape index (κ1) is 20.2. The van der Waals surface area contributed by atoms with E-state index in [0.717, 1.165) is 10.6 Å². The molecule has 1 aliphatic rings. The van der Waals surface area contributed by atoms with Gasteiger partial charge in [0.2, 0.25) is 15.9 Å². The molecule has 0 radical (unpaired) electrons. The minimum atomic E-state index is -3.66. The van der Waals surface area contributed by atoms with Gasteiger partial charge in [-0.1, -0.05) is 18.2 Å². The number of carbonyl (C=O) groups excluding carboxylic acids is 1. The molecule has 0 aliphatic carbocycles. The van der Waals surface area contributed by atoms with Crippen LogP contribution in [0.25, 0.3) is 0 Å². The molecule has 3 rings (SSSR count). The minimum Gasteiger partial charge on any atom is -0.457 e. The highest BCUT2D eigenvalue weighted by Gasteiger charge is 2.32. The average Bonchev–Trinajstić information content (AvgIpc) is 2.69. The zero-order valence-electron chi connectivity index (χ0n) is 15.9. The van der Waals surface area contributed by atoms with Gasteiger partial charge in [0.05, 0.1) is 25.2 Å². The zero-order chi connectivity index (χ0) is 20.1. The van der Waals surface area contributed by atoms with Crippen molar-refractivity contribution in [3.8, 4) is 11.5 Å². The Morgan fingerprint density at radius 3 is 2.18 bits per heavy atom. The molecule has 8 heteroatoms. The largest absolute Gasteiger partial charge is 0.457 e. The molecule has 1 amide bonds. The fourth-order valence-electron chi connectivity index (χ4n) is 3.14. The third kappa shape index (κ3) is 4.82. The third-order valence-electron chi connectivity index (χ3n) is 4.46. The number of rotatable bonds is 6. The number of sulfonamides is 1. The van der Waals surface area contributed by atoms with E-state index in [1.807, 2.05) is 30.3 Å². The Morgan fingerprint density at radius 2 is 1.61 bits per heavy atom. The Kier molecular flexibility index (Phi) is 6.21. The molecule has 0 unspecified atom stereocenters. The number of anilines is 1. The molecule has 28 heavy (non-hydrogen) atoms. The van der Waals surface area contributed by atoms with Gasteiger partial charge in [-0.2, -0.15) is 0 Å². The molecule has 1 atom stereocenters. The van der Waals surface area contributed by atoms with Crippen LogP contribution in [0.5, 0.6) is 11.5 Å². The van der Waals surface area contributed by atoms with Gasteiger partial charge in [0.1, 0.15) is 17.5 Å². The van der Waals surface area contributed by atoms with E-state index in [2.05, 4.69) is 0 Å². The quantitative estimate of drug-likeness (QED) is 0.739. The topological polar surface area (TPSA) is 76.2 Å². The van der Waals surface area contributed by atoms with Crippen molar-refractivity contribution >= 4 is 21.6 Å². The molecule has 1 saturated heterocycles. The van der Waals surface area contributed by atoms with Crippen molar-refractivity contribution in [2.45, 2.75) is 13.0 Å². The van der Waals surface area contributed by atoms with Gasteiger partial charge in [-0.3, -0.25) is 9.10 Å². The van der Waals surface area contributed by atoms with Crippen LogP contribution in [-0.2, 0) is 19.6 Å². The summed E-state index contributed by atoms with van der Waals surface area (Å²) in [5, 5.41) is 0. The lowest BCUT2D eigenvalue weighted by Gasteiger charge is -2.34. The minimum absolute atomic E-state index is 0.238. The van der Waals surface area contributed by atoms with Crippen molar-refractivity contribution in [3.63, 3.8) is 0 Å². The van der Waals surface area contributed by atoms with E-state index in [0.29, 0.717) is 43.5 Å². The summed E-state index contributed by atoms with van der Waals surface area (Å²) in [4.78, 5) is 14.4.